The van der Waals surface area contributed by atoms with E-state index in [1.165, 1.54) is 0 Å². The molecule has 0 saturated carbocycles. The van der Waals surface area contributed by atoms with Gasteiger partial charge in [-0.15, -0.1) is 0 Å². The van der Waals surface area contributed by atoms with E-state index < -0.39 is 0 Å². The number of allylic oxidation sites excluding steroid dienone is 2. The second kappa shape index (κ2) is 6.12. The van der Waals surface area contributed by atoms with E-state index >= 15 is 0 Å². The average molecular weight is 391 g/mol. The first-order valence-electron chi connectivity index (χ1n) is 8.21. The molecule has 1 atom stereocenters. The molecule has 0 spiro atoms. The normalized spacial score (nSPS) is 23.8. The molecule has 0 N–H and O–H groups in total. The highest BCUT2D eigenvalue weighted by Gasteiger charge is 2.44. The molecule has 0 radical (unpaired) electrons. The van der Waals surface area contributed by atoms with Crippen LogP contribution in [0.1, 0.15) is 44.6 Å². The molecule has 1 aromatic carbocycles. The summed E-state index contributed by atoms with van der Waals surface area (Å²) in [6, 6.07) is 7.94. The minimum absolute atomic E-state index is 0.0502. The molecule has 0 bridgehead atoms. The van der Waals surface area contributed by atoms with E-state index in [-0.39, 0.29) is 23.0 Å². The Morgan fingerprint density at radius 2 is 1.92 bits per heavy atom. The SMILES string of the molecule is CN(C)N1C(=O)CC(c2cccc(Br)c2)C2=C1CC(C)(C)CC2=O. The monoisotopic (exact) mass is 390 g/mol. The quantitative estimate of drug-likeness (QED) is 0.768. The Morgan fingerprint density at radius 1 is 1.21 bits per heavy atom. The highest BCUT2D eigenvalue weighted by molar-refractivity contribution is 9.10. The van der Waals surface area contributed by atoms with Gasteiger partial charge in [0.2, 0.25) is 5.91 Å². The Kier molecular flexibility index (Phi) is 4.43. The van der Waals surface area contributed by atoms with Gasteiger partial charge in [-0.25, -0.2) is 10.0 Å². The third-order valence-corrected chi connectivity index (χ3v) is 5.26. The lowest BCUT2D eigenvalue weighted by Gasteiger charge is -2.44. The summed E-state index contributed by atoms with van der Waals surface area (Å²) < 4.78 is 0.966. The first-order chi connectivity index (χ1) is 11.2. The molecule has 0 aromatic heterocycles. The van der Waals surface area contributed by atoms with Gasteiger partial charge in [-0.2, -0.15) is 0 Å². The Balaban J connectivity index is 2.17. The summed E-state index contributed by atoms with van der Waals surface area (Å²) in [4.78, 5) is 25.8. The van der Waals surface area contributed by atoms with E-state index in [9.17, 15) is 9.59 Å². The van der Waals surface area contributed by atoms with Gasteiger partial charge in [-0.05, 0) is 29.5 Å². The summed E-state index contributed by atoms with van der Waals surface area (Å²) in [5.74, 6) is 0.0737. The molecule has 1 aromatic rings. The van der Waals surface area contributed by atoms with Gasteiger partial charge < -0.3 is 0 Å². The van der Waals surface area contributed by atoms with Crippen LogP contribution in [-0.4, -0.2) is 35.8 Å². The fourth-order valence-corrected chi connectivity index (χ4v) is 4.29. The summed E-state index contributed by atoms with van der Waals surface area (Å²) >= 11 is 3.50. The Hall–Kier alpha value is -1.46. The van der Waals surface area contributed by atoms with Gasteiger partial charge in [0.25, 0.3) is 0 Å². The number of carbonyl (C=O) groups excluding carboxylic acids is 2. The average Bonchev–Trinajstić information content (AvgIpc) is 2.44. The number of Topliss-reactive ketones (excluding diaryl/α,β-unsaturated/α-hetero) is 1. The van der Waals surface area contributed by atoms with E-state index in [0.29, 0.717) is 12.8 Å². The summed E-state index contributed by atoms with van der Waals surface area (Å²) in [6.07, 6.45) is 1.61. The van der Waals surface area contributed by atoms with Crippen molar-refractivity contribution in [3.8, 4) is 0 Å². The Labute approximate surface area is 151 Å². The van der Waals surface area contributed by atoms with Gasteiger partial charge in [0.05, 0.1) is 0 Å². The van der Waals surface area contributed by atoms with Crippen LogP contribution in [0.2, 0.25) is 0 Å². The van der Waals surface area contributed by atoms with Gasteiger partial charge in [-0.1, -0.05) is 41.9 Å². The largest absolute Gasteiger partial charge is 0.294 e. The lowest BCUT2D eigenvalue weighted by atomic mass is 9.69. The molecule has 1 amide bonds. The zero-order valence-electron chi connectivity index (χ0n) is 14.6. The van der Waals surface area contributed by atoms with Crippen LogP contribution in [0.4, 0.5) is 0 Å². The van der Waals surface area contributed by atoms with E-state index in [2.05, 4.69) is 29.8 Å². The summed E-state index contributed by atoms with van der Waals surface area (Å²) in [6.45, 7) is 4.19. The molecule has 2 aliphatic rings. The molecular formula is C19H23BrN2O2. The third-order valence-electron chi connectivity index (χ3n) is 4.77. The van der Waals surface area contributed by atoms with E-state index in [4.69, 9.17) is 0 Å². The van der Waals surface area contributed by atoms with Gasteiger partial charge in [-0.3, -0.25) is 9.59 Å². The summed E-state index contributed by atoms with van der Waals surface area (Å²) in [7, 11) is 3.71. The predicted molar refractivity (Wildman–Crippen MR) is 97.1 cm³/mol. The first kappa shape index (κ1) is 17.4. The maximum Gasteiger partial charge on any atom is 0.242 e. The van der Waals surface area contributed by atoms with Crippen molar-refractivity contribution in [2.75, 3.05) is 14.1 Å². The topological polar surface area (TPSA) is 40.6 Å². The van der Waals surface area contributed by atoms with Crippen LogP contribution in [0.25, 0.3) is 0 Å². The number of ketones is 1. The molecule has 128 valence electrons. The van der Waals surface area contributed by atoms with Crippen molar-refractivity contribution in [1.29, 1.82) is 0 Å². The summed E-state index contributed by atoms with van der Waals surface area (Å²) in [5.41, 5.74) is 2.60. The zero-order valence-corrected chi connectivity index (χ0v) is 16.2. The van der Waals surface area contributed by atoms with Crippen molar-refractivity contribution in [2.45, 2.75) is 39.0 Å². The van der Waals surface area contributed by atoms with Crippen LogP contribution in [0.5, 0.6) is 0 Å². The number of hydrogen-bond donors (Lipinski definition) is 0. The third kappa shape index (κ3) is 3.07. The number of hydrogen-bond acceptors (Lipinski definition) is 3. The van der Waals surface area contributed by atoms with Crippen molar-refractivity contribution in [2.24, 2.45) is 5.41 Å². The maximum absolute atomic E-state index is 13.0. The Bertz CT molecular complexity index is 737. The van der Waals surface area contributed by atoms with Crippen molar-refractivity contribution >= 4 is 27.6 Å². The summed E-state index contributed by atoms with van der Waals surface area (Å²) in [5, 5.41) is 3.49. The molecule has 1 heterocycles. The van der Waals surface area contributed by atoms with Crippen LogP contribution in [0.3, 0.4) is 0 Å². The fourth-order valence-electron chi connectivity index (χ4n) is 3.87. The molecule has 0 saturated heterocycles. The smallest absolute Gasteiger partial charge is 0.242 e. The molecule has 0 fully saturated rings. The number of amides is 1. The molecule has 24 heavy (non-hydrogen) atoms. The van der Waals surface area contributed by atoms with E-state index in [1.54, 1.807) is 10.0 Å². The number of rotatable bonds is 2. The van der Waals surface area contributed by atoms with Crippen molar-refractivity contribution in [3.63, 3.8) is 0 Å². The van der Waals surface area contributed by atoms with Gasteiger partial charge in [0.15, 0.2) is 5.78 Å². The standard InChI is InChI=1S/C19H23BrN2O2/c1-19(2)10-15-18(16(23)11-19)14(9-17(24)22(15)21(3)4)12-6-5-7-13(20)8-12/h5-8,14H,9-11H2,1-4H3. The van der Waals surface area contributed by atoms with E-state index in [0.717, 1.165) is 27.7 Å². The maximum atomic E-state index is 13.0. The Morgan fingerprint density at radius 3 is 2.54 bits per heavy atom. The minimum Gasteiger partial charge on any atom is -0.294 e. The van der Waals surface area contributed by atoms with Crippen molar-refractivity contribution < 1.29 is 9.59 Å². The van der Waals surface area contributed by atoms with Crippen LogP contribution in [0, 0.1) is 5.41 Å². The highest BCUT2D eigenvalue weighted by atomic mass is 79.9. The molecule has 3 rings (SSSR count). The highest BCUT2D eigenvalue weighted by Crippen LogP contribution is 2.47. The lowest BCUT2D eigenvalue weighted by molar-refractivity contribution is -0.143. The van der Waals surface area contributed by atoms with Gasteiger partial charge >= 0.3 is 0 Å². The second-order valence-electron chi connectivity index (χ2n) is 7.67. The van der Waals surface area contributed by atoms with Crippen LogP contribution >= 0.6 is 15.9 Å². The number of nitrogens with zero attached hydrogens (tertiary/aromatic N) is 2. The predicted octanol–water partition coefficient (Wildman–Crippen LogP) is 3.88. The number of carbonyl (C=O) groups is 2. The zero-order chi connectivity index (χ0) is 17.6. The molecular weight excluding hydrogens is 368 g/mol. The lowest BCUT2D eigenvalue weighted by Crippen LogP contribution is -2.49. The fraction of sp³-hybridized carbons (Fsp3) is 0.474. The molecule has 1 unspecified atom stereocenters. The molecule has 1 aliphatic heterocycles. The van der Waals surface area contributed by atoms with Crippen LogP contribution in [-0.2, 0) is 9.59 Å². The van der Waals surface area contributed by atoms with Crippen LogP contribution in [0.15, 0.2) is 40.0 Å². The molecule has 4 nitrogen and oxygen atoms in total. The number of benzene rings is 1. The van der Waals surface area contributed by atoms with Crippen molar-refractivity contribution in [1.82, 2.24) is 10.0 Å². The van der Waals surface area contributed by atoms with Crippen molar-refractivity contribution in [3.05, 3.63) is 45.6 Å². The second-order valence-corrected chi connectivity index (χ2v) is 8.58. The molecule has 1 aliphatic carbocycles. The number of hydrazine groups is 1. The van der Waals surface area contributed by atoms with Gasteiger partial charge in [0, 0.05) is 48.6 Å². The first-order valence-corrected chi connectivity index (χ1v) is 9.01. The molecule has 5 heteroatoms. The minimum atomic E-state index is -0.148. The van der Waals surface area contributed by atoms with Crippen LogP contribution < -0.4 is 0 Å². The van der Waals surface area contributed by atoms with E-state index in [1.807, 2.05) is 38.4 Å². The van der Waals surface area contributed by atoms with Gasteiger partial charge in [0.1, 0.15) is 0 Å². The number of halogens is 1.